The predicted octanol–water partition coefficient (Wildman–Crippen LogP) is 3.97. The summed E-state index contributed by atoms with van der Waals surface area (Å²) in [6, 6.07) is 18.1. The van der Waals surface area contributed by atoms with E-state index in [9.17, 15) is 0 Å². The molecule has 88 valence electrons. The Morgan fingerprint density at radius 2 is 1.61 bits per heavy atom. The van der Waals surface area contributed by atoms with Crippen LogP contribution in [0.25, 0.3) is 10.9 Å². The molecule has 18 heavy (non-hydrogen) atoms. The molecule has 1 aromatic heterocycles. The Morgan fingerprint density at radius 3 is 2.50 bits per heavy atom. The number of nitrogens with two attached hydrogens (primary N) is 1. The Morgan fingerprint density at radius 1 is 0.833 bits per heavy atom. The van der Waals surface area contributed by atoms with E-state index in [1.165, 1.54) is 0 Å². The number of benzene rings is 2. The van der Waals surface area contributed by atoms with Crippen LogP contribution in [0.15, 0.2) is 70.6 Å². The van der Waals surface area contributed by atoms with Crippen LogP contribution in [0.4, 0.5) is 5.69 Å². The van der Waals surface area contributed by atoms with Crippen LogP contribution in [-0.4, -0.2) is 4.98 Å². The van der Waals surface area contributed by atoms with Crippen LogP contribution in [0.1, 0.15) is 0 Å². The third-order valence-electron chi connectivity index (χ3n) is 2.73. The normalized spacial score (nSPS) is 10.7. The third kappa shape index (κ3) is 2.05. The maximum absolute atomic E-state index is 5.97. The highest BCUT2D eigenvalue weighted by molar-refractivity contribution is 7.99. The van der Waals surface area contributed by atoms with Crippen molar-refractivity contribution in [2.45, 2.75) is 9.79 Å². The van der Waals surface area contributed by atoms with Gasteiger partial charge in [0, 0.05) is 27.1 Å². The number of anilines is 1. The second-order valence-corrected chi connectivity index (χ2v) is 5.05. The van der Waals surface area contributed by atoms with Gasteiger partial charge in [0.2, 0.25) is 0 Å². The maximum atomic E-state index is 5.97. The molecule has 0 aliphatic rings. The molecule has 3 aromatic rings. The molecule has 0 radical (unpaired) electrons. The Bertz CT molecular complexity index is 689. The van der Waals surface area contributed by atoms with E-state index in [-0.39, 0.29) is 0 Å². The van der Waals surface area contributed by atoms with Gasteiger partial charge in [-0.1, -0.05) is 42.1 Å². The number of hydrogen-bond acceptors (Lipinski definition) is 3. The molecule has 2 N–H and O–H groups in total. The molecular formula is C15H12N2S. The smallest absolute Gasteiger partial charge is 0.0841 e. The number of nitrogen functional groups attached to an aromatic ring is 1. The van der Waals surface area contributed by atoms with Crippen LogP contribution < -0.4 is 5.73 Å². The van der Waals surface area contributed by atoms with Crippen LogP contribution in [-0.2, 0) is 0 Å². The van der Waals surface area contributed by atoms with Crippen LogP contribution in [0.5, 0.6) is 0 Å². The minimum absolute atomic E-state index is 0.801. The summed E-state index contributed by atoms with van der Waals surface area (Å²) in [4.78, 5) is 6.64. The standard InChI is InChI=1S/C15H12N2S/c16-12-7-1-2-8-13(12)18-14-9-3-5-11-6-4-10-17-15(11)14/h1-10H,16H2. The monoisotopic (exact) mass is 252 g/mol. The van der Waals surface area contributed by atoms with Gasteiger partial charge in [-0.3, -0.25) is 4.98 Å². The Balaban J connectivity index is 2.08. The molecule has 0 aliphatic heterocycles. The lowest BCUT2D eigenvalue weighted by molar-refractivity contribution is 1.34. The minimum atomic E-state index is 0.801. The van der Waals surface area contributed by atoms with E-state index in [0.717, 1.165) is 26.4 Å². The zero-order valence-corrected chi connectivity index (χ0v) is 10.5. The summed E-state index contributed by atoms with van der Waals surface area (Å²) < 4.78 is 0. The van der Waals surface area contributed by atoms with Gasteiger partial charge in [-0.15, -0.1) is 0 Å². The summed E-state index contributed by atoms with van der Waals surface area (Å²) in [6.45, 7) is 0. The van der Waals surface area contributed by atoms with E-state index in [4.69, 9.17) is 5.73 Å². The Labute approximate surface area is 110 Å². The quantitative estimate of drug-likeness (QED) is 0.701. The van der Waals surface area contributed by atoms with Gasteiger partial charge in [0.15, 0.2) is 0 Å². The molecule has 0 saturated heterocycles. The average molecular weight is 252 g/mol. The van der Waals surface area contributed by atoms with Gasteiger partial charge in [0.25, 0.3) is 0 Å². The molecule has 0 fully saturated rings. The highest BCUT2D eigenvalue weighted by Crippen LogP contribution is 2.35. The van der Waals surface area contributed by atoms with Gasteiger partial charge in [-0.25, -0.2) is 0 Å². The lowest BCUT2D eigenvalue weighted by Gasteiger charge is -2.07. The van der Waals surface area contributed by atoms with Crippen molar-refractivity contribution >= 4 is 28.4 Å². The van der Waals surface area contributed by atoms with Crippen molar-refractivity contribution in [2.24, 2.45) is 0 Å². The molecule has 3 rings (SSSR count). The second kappa shape index (κ2) is 4.70. The fraction of sp³-hybridized carbons (Fsp3) is 0. The van der Waals surface area contributed by atoms with Gasteiger partial charge in [0.05, 0.1) is 5.52 Å². The molecule has 0 atom stereocenters. The van der Waals surface area contributed by atoms with E-state index < -0.39 is 0 Å². The van der Waals surface area contributed by atoms with E-state index >= 15 is 0 Å². The van der Waals surface area contributed by atoms with Gasteiger partial charge in [-0.2, -0.15) is 0 Å². The molecular weight excluding hydrogens is 240 g/mol. The molecule has 0 aliphatic carbocycles. The van der Waals surface area contributed by atoms with Gasteiger partial charge < -0.3 is 5.73 Å². The molecule has 1 heterocycles. The van der Waals surface area contributed by atoms with Crippen LogP contribution in [0.3, 0.4) is 0 Å². The van der Waals surface area contributed by atoms with Crippen molar-refractivity contribution in [3.63, 3.8) is 0 Å². The summed E-state index contributed by atoms with van der Waals surface area (Å²) in [7, 11) is 0. The zero-order chi connectivity index (χ0) is 12.4. The van der Waals surface area contributed by atoms with Crippen molar-refractivity contribution in [3.8, 4) is 0 Å². The molecule has 0 unspecified atom stereocenters. The SMILES string of the molecule is Nc1ccccc1Sc1cccc2cccnc12. The number of pyridine rings is 1. The molecule has 0 spiro atoms. The summed E-state index contributed by atoms with van der Waals surface area (Å²) in [6.07, 6.45) is 1.82. The van der Waals surface area contributed by atoms with Crippen LogP contribution in [0, 0.1) is 0 Å². The molecule has 0 amide bonds. The van der Waals surface area contributed by atoms with Crippen molar-refractivity contribution in [2.75, 3.05) is 5.73 Å². The van der Waals surface area contributed by atoms with Crippen molar-refractivity contribution < 1.29 is 0 Å². The average Bonchev–Trinajstić information content (AvgIpc) is 2.42. The Kier molecular flexibility index (Phi) is 2.90. The highest BCUT2D eigenvalue weighted by atomic mass is 32.2. The molecule has 0 saturated carbocycles. The van der Waals surface area contributed by atoms with Crippen molar-refractivity contribution in [1.82, 2.24) is 4.98 Å². The highest BCUT2D eigenvalue weighted by Gasteiger charge is 2.05. The zero-order valence-electron chi connectivity index (χ0n) is 9.71. The van der Waals surface area contributed by atoms with Gasteiger partial charge in [0.1, 0.15) is 0 Å². The first-order chi connectivity index (χ1) is 8.84. The fourth-order valence-corrected chi connectivity index (χ4v) is 2.83. The summed E-state index contributed by atoms with van der Waals surface area (Å²) >= 11 is 1.66. The molecule has 0 bridgehead atoms. The van der Waals surface area contributed by atoms with E-state index in [1.54, 1.807) is 11.8 Å². The number of fused-ring (bicyclic) bond motifs is 1. The summed E-state index contributed by atoms with van der Waals surface area (Å²) in [5, 5.41) is 1.15. The lowest BCUT2D eigenvalue weighted by atomic mass is 10.2. The van der Waals surface area contributed by atoms with Gasteiger partial charge >= 0.3 is 0 Å². The molecule has 2 aromatic carbocycles. The fourth-order valence-electron chi connectivity index (χ4n) is 1.85. The van der Waals surface area contributed by atoms with Crippen LogP contribution in [0.2, 0.25) is 0 Å². The predicted molar refractivity (Wildman–Crippen MR) is 76.7 cm³/mol. The Hall–Kier alpha value is -2.00. The van der Waals surface area contributed by atoms with Crippen LogP contribution >= 0.6 is 11.8 Å². The number of hydrogen-bond donors (Lipinski definition) is 1. The minimum Gasteiger partial charge on any atom is -0.398 e. The molecule has 3 heteroatoms. The third-order valence-corrected chi connectivity index (χ3v) is 3.88. The number of nitrogens with zero attached hydrogens (tertiary/aromatic N) is 1. The number of aromatic nitrogens is 1. The first-order valence-electron chi connectivity index (χ1n) is 5.71. The number of rotatable bonds is 2. The van der Waals surface area contributed by atoms with E-state index in [2.05, 4.69) is 23.2 Å². The topological polar surface area (TPSA) is 38.9 Å². The van der Waals surface area contributed by atoms with E-state index in [0.29, 0.717) is 0 Å². The van der Waals surface area contributed by atoms with Crippen molar-refractivity contribution in [3.05, 3.63) is 60.8 Å². The number of para-hydroxylation sites is 2. The second-order valence-electron chi connectivity index (χ2n) is 3.97. The lowest BCUT2D eigenvalue weighted by Crippen LogP contribution is -1.88. The van der Waals surface area contributed by atoms with Crippen molar-refractivity contribution in [1.29, 1.82) is 0 Å². The largest absolute Gasteiger partial charge is 0.398 e. The summed E-state index contributed by atoms with van der Waals surface area (Å²) in [5.41, 5.74) is 7.79. The maximum Gasteiger partial charge on any atom is 0.0841 e. The first kappa shape index (κ1) is 11.1. The van der Waals surface area contributed by atoms with Gasteiger partial charge in [-0.05, 0) is 24.3 Å². The summed E-state index contributed by atoms with van der Waals surface area (Å²) in [5.74, 6) is 0. The van der Waals surface area contributed by atoms with E-state index in [1.807, 2.05) is 42.6 Å². The molecule has 2 nitrogen and oxygen atoms in total. The first-order valence-corrected chi connectivity index (χ1v) is 6.52.